The Morgan fingerprint density at radius 3 is 2.88 bits per heavy atom. The SMILES string of the molecule is Cn1cc(N)c(Nc2ccc(F)cc2C#N)n1. The molecule has 0 saturated carbocycles. The number of nitrogens with zero attached hydrogens (tertiary/aromatic N) is 3. The van der Waals surface area contributed by atoms with Crippen molar-refractivity contribution in [3.05, 3.63) is 35.8 Å². The lowest BCUT2D eigenvalue weighted by atomic mass is 10.2. The zero-order chi connectivity index (χ0) is 12.4. The molecule has 1 aromatic carbocycles. The topological polar surface area (TPSA) is 79.7 Å². The second-order valence-electron chi connectivity index (χ2n) is 3.53. The Balaban J connectivity index is 2.37. The van der Waals surface area contributed by atoms with Crippen LogP contribution in [-0.4, -0.2) is 9.78 Å². The van der Waals surface area contributed by atoms with E-state index in [0.717, 1.165) is 6.07 Å². The van der Waals surface area contributed by atoms with Crippen LogP contribution in [0.5, 0.6) is 0 Å². The van der Waals surface area contributed by atoms with Gasteiger partial charge in [-0.25, -0.2) is 4.39 Å². The van der Waals surface area contributed by atoms with Gasteiger partial charge in [-0.1, -0.05) is 0 Å². The molecule has 1 heterocycles. The van der Waals surface area contributed by atoms with Crippen LogP contribution in [-0.2, 0) is 7.05 Å². The van der Waals surface area contributed by atoms with E-state index >= 15 is 0 Å². The van der Waals surface area contributed by atoms with Crippen molar-refractivity contribution in [1.29, 1.82) is 5.26 Å². The quantitative estimate of drug-likeness (QED) is 0.825. The molecule has 5 nitrogen and oxygen atoms in total. The molecule has 17 heavy (non-hydrogen) atoms. The molecule has 0 aliphatic heterocycles. The zero-order valence-corrected chi connectivity index (χ0v) is 9.11. The summed E-state index contributed by atoms with van der Waals surface area (Å²) in [4.78, 5) is 0. The van der Waals surface area contributed by atoms with Crippen LogP contribution in [0, 0.1) is 17.1 Å². The van der Waals surface area contributed by atoms with E-state index in [1.807, 2.05) is 6.07 Å². The molecule has 0 atom stereocenters. The van der Waals surface area contributed by atoms with Crippen molar-refractivity contribution in [2.24, 2.45) is 7.05 Å². The lowest BCUT2D eigenvalue weighted by Gasteiger charge is -2.05. The third-order valence-electron chi connectivity index (χ3n) is 2.21. The summed E-state index contributed by atoms with van der Waals surface area (Å²) in [5.41, 5.74) is 6.84. The van der Waals surface area contributed by atoms with Gasteiger partial charge in [0.25, 0.3) is 0 Å². The van der Waals surface area contributed by atoms with Gasteiger partial charge in [0.2, 0.25) is 0 Å². The van der Waals surface area contributed by atoms with Crippen molar-refractivity contribution in [2.45, 2.75) is 0 Å². The van der Waals surface area contributed by atoms with E-state index in [0.29, 0.717) is 17.2 Å². The molecular weight excluding hydrogens is 221 g/mol. The minimum Gasteiger partial charge on any atom is -0.394 e. The van der Waals surface area contributed by atoms with E-state index in [-0.39, 0.29) is 5.56 Å². The van der Waals surface area contributed by atoms with Gasteiger partial charge >= 0.3 is 0 Å². The van der Waals surface area contributed by atoms with Gasteiger partial charge < -0.3 is 11.1 Å². The molecule has 2 rings (SSSR count). The summed E-state index contributed by atoms with van der Waals surface area (Å²) >= 11 is 0. The predicted molar refractivity (Wildman–Crippen MR) is 62.0 cm³/mol. The normalized spacial score (nSPS) is 9.94. The monoisotopic (exact) mass is 231 g/mol. The zero-order valence-electron chi connectivity index (χ0n) is 9.11. The fraction of sp³-hybridized carbons (Fsp3) is 0.0909. The van der Waals surface area contributed by atoms with Crippen LogP contribution in [0.1, 0.15) is 5.56 Å². The maximum Gasteiger partial charge on any atom is 0.175 e. The largest absolute Gasteiger partial charge is 0.394 e. The van der Waals surface area contributed by atoms with Gasteiger partial charge in [-0.15, -0.1) is 0 Å². The van der Waals surface area contributed by atoms with Crippen LogP contribution < -0.4 is 11.1 Å². The first kappa shape index (κ1) is 11.0. The van der Waals surface area contributed by atoms with E-state index in [9.17, 15) is 4.39 Å². The minimum absolute atomic E-state index is 0.204. The van der Waals surface area contributed by atoms with Gasteiger partial charge in [0.15, 0.2) is 5.82 Å². The second-order valence-corrected chi connectivity index (χ2v) is 3.53. The Kier molecular flexibility index (Phi) is 2.66. The standard InChI is InChI=1S/C11H10FN5/c1-17-6-9(14)11(16-17)15-10-3-2-8(12)4-7(10)5-13/h2-4,6H,14H2,1H3,(H,15,16). The first-order valence-electron chi connectivity index (χ1n) is 4.86. The molecule has 86 valence electrons. The molecule has 0 aliphatic rings. The highest BCUT2D eigenvalue weighted by Gasteiger charge is 2.08. The fourth-order valence-corrected chi connectivity index (χ4v) is 1.45. The number of aryl methyl sites for hydroxylation is 1. The Morgan fingerprint density at radius 2 is 2.29 bits per heavy atom. The highest BCUT2D eigenvalue weighted by Crippen LogP contribution is 2.23. The van der Waals surface area contributed by atoms with Crippen LogP contribution >= 0.6 is 0 Å². The van der Waals surface area contributed by atoms with Gasteiger partial charge in [0, 0.05) is 13.2 Å². The molecule has 0 unspecified atom stereocenters. The summed E-state index contributed by atoms with van der Waals surface area (Å²) in [6.07, 6.45) is 1.64. The van der Waals surface area contributed by atoms with Crippen molar-refractivity contribution in [1.82, 2.24) is 9.78 Å². The van der Waals surface area contributed by atoms with Gasteiger partial charge in [-0.05, 0) is 18.2 Å². The number of halogens is 1. The predicted octanol–water partition coefficient (Wildman–Crippen LogP) is 1.76. The molecule has 0 bridgehead atoms. The number of benzene rings is 1. The Labute approximate surface area is 97.3 Å². The number of anilines is 3. The van der Waals surface area contributed by atoms with E-state index in [1.54, 1.807) is 17.9 Å². The molecule has 2 aromatic rings. The van der Waals surface area contributed by atoms with Crippen LogP contribution in [0.25, 0.3) is 0 Å². The Hall–Kier alpha value is -2.55. The first-order chi connectivity index (χ1) is 8.10. The number of nitriles is 1. The number of rotatable bonds is 2. The maximum atomic E-state index is 12.9. The molecule has 1 aromatic heterocycles. The van der Waals surface area contributed by atoms with Gasteiger partial charge in [-0.3, -0.25) is 4.68 Å². The molecule has 0 aliphatic carbocycles. The van der Waals surface area contributed by atoms with Gasteiger partial charge in [0.05, 0.1) is 16.9 Å². The van der Waals surface area contributed by atoms with Crippen molar-refractivity contribution in [3.8, 4) is 6.07 Å². The fourth-order valence-electron chi connectivity index (χ4n) is 1.45. The molecule has 0 amide bonds. The summed E-state index contributed by atoms with van der Waals surface area (Å²) < 4.78 is 14.5. The molecular formula is C11H10FN5. The summed E-state index contributed by atoms with van der Waals surface area (Å²) in [5, 5.41) is 15.9. The third-order valence-corrected chi connectivity index (χ3v) is 2.21. The minimum atomic E-state index is -0.457. The number of nitrogens with one attached hydrogen (secondary N) is 1. The van der Waals surface area contributed by atoms with Crippen LogP contribution in [0.2, 0.25) is 0 Å². The van der Waals surface area contributed by atoms with E-state index in [4.69, 9.17) is 11.0 Å². The molecule has 6 heteroatoms. The lowest BCUT2D eigenvalue weighted by molar-refractivity contribution is 0.627. The average molecular weight is 231 g/mol. The van der Waals surface area contributed by atoms with Crippen LogP contribution in [0.4, 0.5) is 21.6 Å². The number of hydrogen-bond donors (Lipinski definition) is 2. The molecule has 0 spiro atoms. The van der Waals surface area contributed by atoms with Crippen LogP contribution in [0.3, 0.4) is 0 Å². The van der Waals surface area contributed by atoms with Gasteiger partial charge in [-0.2, -0.15) is 10.4 Å². The maximum absolute atomic E-state index is 12.9. The number of nitrogen functional groups attached to an aromatic ring is 1. The number of hydrogen-bond acceptors (Lipinski definition) is 4. The van der Waals surface area contributed by atoms with Crippen molar-refractivity contribution >= 4 is 17.2 Å². The third kappa shape index (κ3) is 2.18. The second kappa shape index (κ2) is 4.14. The molecule has 0 fully saturated rings. The average Bonchev–Trinajstić information content (AvgIpc) is 2.60. The Morgan fingerprint density at radius 1 is 1.53 bits per heavy atom. The van der Waals surface area contributed by atoms with Crippen molar-refractivity contribution in [3.63, 3.8) is 0 Å². The number of aromatic nitrogens is 2. The van der Waals surface area contributed by atoms with Crippen molar-refractivity contribution in [2.75, 3.05) is 11.1 Å². The molecule has 0 radical (unpaired) electrons. The molecule has 0 saturated heterocycles. The highest BCUT2D eigenvalue weighted by atomic mass is 19.1. The van der Waals surface area contributed by atoms with E-state index in [1.165, 1.54) is 12.1 Å². The summed E-state index contributed by atoms with van der Waals surface area (Å²) in [6.45, 7) is 0. The van der Waals surface area contributed by atoms with E-state index < -0.39 is 5.82 Å². The Bertz CT molecular complexity index is 596. The summed E-state index contributed by atoms with van der Waals surface area (Å²) in [5.74, 6) is -0.0169. The summed E-state index contributed by atoms with van der Waals surface area (Å²) in [7, 11) is 1.73. The van der Waals surface area contributed by atoms with E-state index in [2.05, 4.69) is 10.4 Å². The van der Waals surface area contributed by atoms with Crippen molar-refractivity contribution < 1.29 is 4.39 Å². The molecule has 3 N–H and O–H groups in total. The highest BCUT2D eigenvalue weighted by molar-refractivity contribution is 5.71. The smallest absolute Gasteiger partial charge is 0.175 e. The number of nitrogens with two attached hydrogens (primary N) is 1. The van der Waals surface area contributed by atoms with Gasteiger partial charge in [0.1, 0.15) is 11.9 Å². The lowest BCUT2D eigenvalue weighted by Crippen LogP contribution is -1.98. The van der Waals surface area contributed by atoms with Crippen LogP contribution in [0.15, 0.2) is 24.4 Å². The summed E-state index contributed by atoms with van der Waals surface area (Å²) in [6, 6.07) is 5.80. The first-order valence-corrected chi connectivity index (χ1v) is 4.86.